The van der Waals surface area contributed by atoms with Crippen molar-refractivity contribution in [3.8, 4) is 0 Å². The van der Waals surface area contributed by atoms with Gasteiger partial charge in [0.25, 0.3) is 0 Å². The van der Waals surface area contributed by atoms with Gasteiger partial charge in [-0.05, 0) is 26.2 Å². The van der Waals surface area contributed by atoms with Gasteiger partial charge in [0.2, 0.25) is 0 Å². The van der Waals surface area contributed by atoms with Crippen molar-refractivity contribution in [2.24, 2.45) is 0 Å². The molecule has 1 aliphatic carbocycles. The van der Waals surface area contributed by atoms with E-state index in [0.717, 1.165) is 24.0 Å². The van der Waals surface area contributed by atoms with Crippen molar-refractivity contribution in [3.05, 3.63) is 11.4 Å². The van der Waals surface area contributed by atoms with Crippen LogP contribution in [0, 0.1) is 6.92 Å². The van der Waals surface area contributed by atoms with Gasteiger partial charge >= 0.3 is 0 Å². The second-order valence-electron chi connectivity index (χ2n) is 7.12. The predicted octanol–water partition coefficient (Wildman–Crippen LogP) is 3.89. The van der Waals surface area contributed by atoms with E-state index >= 15 is 0 Å². The molecule has 0 radical (unpaired) electrons. The van der Waals surface area contributed by atoms with Crippen LogP contribution in [0.3, 0.4) is 0 Å². The Balaban J connectivity index is 2.44. The zero-order valence-corrected chi connectivity index (χ0v) is 14.5. The minimum Gasteiger partial charge on any atom is -0.373 e. The van der Waals surface area contributed by atoms with Gasteiger partial charge in [-0.1, -0.05) is 34.1 Å². The number of anilines is 2. The van der Waals surface area contributed by atoms with Crippen molar-refractivity contribution in [2.45, 2.75) is 71.8 Å². The third-order valence-electron chi connectivity index (χ3n) is 4.04. The molecule has 1 aromatic rings. The fourth-order valence-corrected chi connectivity index (χ4v) is 2.54. The number of unbranched alkanes of at least 4 members (excludes halogenated alkanes) is 1. The first-order valence-electron chi connectivity index (χ1n) is 8.22. The normalized spacial score (nSPS) is 15.1. The summed E-state index contributed by atoms with van der Waals surface area (Å²) in [5, 5.41) is 3.24. The van der Waals surface area contributed by atoms with Crippen LogP contribution in [0.5, 0.6) is 0 Å². The highest BCUT2D eigenvalue weighted by atomic mass is 15.3. The first kappa shape index (κ1) is 16.1. The van der Waals surface area contributed by atoms with Crippen molar-refractivity contribution < 1.29 is 0 Å². The Bertz CT molecular complexity index is 486. The average molecular weight is 290 g/mol. The van der Waals surface area contributed by atoms with E-state index in [9.17, 15) is 0 Å². The lowest BCUT2D eigenvalue weighted by Crippen LogP contribution is -2.30. The summed E-state index contributed by atoms with van der Waals surface area (Å²) in [6.45, 7) is 12.0. The number of hydrogen-bond donors (Lipinski definition) is 1. The maximum atomic E-state index is 4.94. The van der Waals surface area contributed by atoms with Crippen molar-refractivity contribution in [1.82, 2.24) is 9.97 Å². The third kappa shape index (κ3) is 3.66. The van der Waals surface area contributed by atoms with E-state index in [4.69, 9.17) is 9.97 Å². The van der Waals surface area contributed by atoms with E-state index in [1.807, 2.05) is 7.05 Å². The average Bonchev–Trinajstić information content (AvgIpc) is 3.24. The molecular weight excluding hydrogens is 260 g/mol. The van der Waals surface area contributed by atoms with Crippen molar-refractivity contribution >= 4 is 11.6 Å². The first-order chi connectivity index (χ1) is 9.88. The smallest absolute Gasteiger partial charge is 0.138 e. The van der Waals surface area contributed by atoms with Gasteiger partial charge in [0.1, 0.15) is 17.5 Å². The van der Waals surface area contributed by atoms with Gasteiger partial charge < -0.3 is 10.2 Å². The SMILES string of the molecule is CCCCN(c1nc(C(C)(C)C)nc(NC)c1C)C1CC1. The highest BCUT2D eigenvalue weighted by Gasteiger charge is 2.32. The Morgan fingerprint density at radius 3 is 2.38 bits per heavy atom. The van der Waals surface area contributed by atoms with Gasteiger partial charge in [-0.3, -0.25) is 0 Å². The molecule has 0 bridgehead atoms. The maximum absolute atomic E-state index is 4.94. The fraction of sp³-hybridized carbons (Fsp3) is 0.765. The molecule has 21 heavy (non-hydrogen) atoms. The summed E-state index contributed by atoms with van der Waals surface area (Å²) in [7, 11) is 1.94. The minimum atomic E-state index is -0.0337. The lowest BCUT2D eigenvalue weighted by Gasteiger charge is -2.28. The summed E-state index contributed by atoms with van der Waals surface area (Å²) >= 11 is 0. The lowest BCUT2D eigenvalue weighted by atomic mass is 9.95. The van der Waals surface area contributed by atoms with E-state index in [0.29, 0.717) is 6.04 Å². The molecule has 4 heteroatoms. The molecule has 0 saturated heterocycles. The van der Waals surface area contributed by atoms with Crippen LogP contribution >= 0.6 is 0 Å². The Morgan fingerprint density at radius 2 is 1.90 bits per heavy atom. The van der Waals surface area contributed by atoms with Gasteiger partial charge in [-0.15, -0.1) is 0 Å². The molecule has 1 fully saturated rings. The Hall–Kier alpha value is -1.32. The number of hydrogen-bond acceptors (Lipinski definition) is 4. The van der Waals surface area contributed by atoms with Crippen LogP contribution < -0.4 is 10.2 Å². The van der Waals surface area contributed by atoms with E-state index in [-0.39, 0.29) is 5.41 Å². The Labute approximate surface area is 129 Å². The van der Waals surface area contributed by atoms with Gasteiger partial charge in [-0.25, -0.2) is 9.97 Å². The zero-order chi connectivity index (χ0) is 15.6. The lowest BCUT2D eigenvalue weighted by molar-refractivity contribution is 0.543. The number of rotatable bonds is 6. The van der Waals surface area contributed by atoms with Crippen molar-refractivity contribution in [1.29, 1.82) is 0 Å². The molecule has 2 rings (SSSR count). The van der Waals surface area contributed by atoms with Crippen LogP contribution in [0.2, 0.25) is 0 Å². The number of nitrogens with one attached hydrogen (secondary N) is 1. The van der Waals surface area contributed by atoms with Gasteiger partial charge in [-0.2, -0.15) is 0 Å². The summed E-state index contributed by atoms with van der Waals surface area (Å²) in [4.78, 5) is 12.2. The minimum absolute atomic E-state index is 0.0337. The molecule has 1 saturated carbocycles. The topological polar surface area (TPSA) is 41.1 Å². The van der Waals surface area contributed by atoms with Crippen LogP contribution in [0.4, 0.5) is 11.6 Å². The Kier molecular flexibility index (Phi) is 4.74. The number of aromatic nitrogens is 2. The molecule has 1 aliphatic rings. The maximum Gasteiger partial charge on any atom is 0.138 e. The summed E-state index contributed by atoms with van der Waals surface area (Å²) in [6.07, 6.45) is 5.04. The third-order valence-corrected chi connectivity index (χ3v) is 4.04. The van der Waals surface area contributed by atoms with Crippen LogP contribution in [0.1, 0.15) is 64.8 Å². The molecule has 0 atom stereocenters. The molecule has 0 aromatic carbocycles. The molecule has 0 spiro atoms. The fourth-order valence-electron chi connectivity index (χ4n) is 2.54. The second kappa shape index (κ2) is 6.20. The molecule has 0 aliphatic heterocycles. The van der Waals surface area contributed by atoms with Crippen LogP contribution in [-0.2, 0) is 5.41 Å². The predicted molar refractivity (Wildman–Crippen MR) is 90.3 cm³/mol. The molecule has 0 unspecified atom stereocenters. The van der Waals surface area contributed by atoms with Gasteiger partial charge in [0.05, 0.1) is 0 Å². The Morgan fingerprint density at radius 1 is 1.24 bits per heavy atom. The zero-order valence-electron chi connectivity index (χ0n) is 14.5. The summed E-state index contributed by atoms with van der Waals surface area (Å²) < 4.78 is 0. The number of nitrogens with zero attached hydrogens (tertiary/aromatic N) is 3. The van der Waals surface area contributed by atoms with Crippen molar-refractivity contribution in [2.75, 3.05) is 23.8 Å². The summed E-state index contributed by atoms with van der Waals surface area (Å²) in [5.41, 5.74) is 1.14. The van der Waals surface area contributed by atoms with Crippen LogP contribution in [0.25, 0.3) is 0 Å². The van der Waals surface area contributed by atoms with E-state index in [1.54, 1.807) is 0 Å². The van der Waals surface area contributed by atoms with Gasteiger partial charge in [0.15, 0.2) is 0 Å². The quantitative estimate of drug-likeness (QED) is 0.863. The van der Waals surface area contributed by atoms with E-state index in [2.05, 4.69) is 44.8 Å². The molecule has 118 valence electrons. The highest BCUT2D eigenvalue weighted by Crippen LogP contribution is 2.35. The molecule has 1 heterocycles. The second-order valence-corrected chi connectivity index (χ2v) is 7.12. The van der Waals surface area contributed by atoms with E-state index in [1.165, 1.54) is 31.2 Å². The van der Waals surface area contributed by atoms with Crippen molar-refractivity contribution in [3.63, 3.8) is 0 Å². The molecule has 0 amide bonds. The molecule has 1 N–H and O–H groups in total. The molecule has 4 nitrogen and oxygen atoms in total. The molecular formula is C17H30N4. The van der Waals surface area contributed by atoms with Gasteiger partial charge in [0, 0.05) is 30.6 Å². The largest absolute Gasteiger partial charge is 0.373 e. The molecule has 1 aromatic heterocycles. The summed E-state index contributed by atoms with van der Waals surface area (Å²) in [5.74, 6) is 3.02. The summed E-state index contributed by atoms with van der Waals surface area (Å²) in [6, 6.07) is 0.683. The van der Waals surface area contributed by atoms with Crippen LogP contribution in [0.15, 0.2) is 0 Å². The highest BCUT2D eigenvalue weighted by molar-refractivity contribution is 5.59. The van der Waals surface area contributed by atoms with E-state index < -0.39 is 0 Å². The first-order valence-corrected chi connectivity index (χ1v) is 8.22. The monoisotopic (exact) mass is 290 g/mol. The van der Waals surface area contributed by atoms with Crippen LogP contribution in [-0.4, -0.2) is 29.6 Å². The standard InChI is InChI=1S/C17H30N4/c1-7-8-11-21(13-9-10-13)15-12(2)14(18-6)19-16(20-15)17(3,4)5/h13H,7-11H2,1-6H3,(H,18,19,20).